The van der Waals surface area contributed by atoms with Gasteiger partial charge in [0, 0.05) is 25.0 Å². The minimum atomic E-state index is 0.472. The molecule has 0 saturated heterocycles. The van der Waals surface area contributed by atoms with Gasteiger partial charge in [0.25, 0.3) is 0 Å². The lowest BCUT2D eigenvalue weighted by molar-refractivity contribution is 0.299. The molecule has 0 bridgehead atoms. The maximum atomic E-state index is 5.83. The van der Waals surface area contributed by atoms with Crippen molar-refractivity contribution in [1.82, 2.24) is 14.8 Å². The number of aryl methyl sites for hydroxylation is 3. The molecule has 3 aromatic rings. The molecule has 5 heteroatoms. The van der Waals surface area contributed by atoms with Gasteiger partial charge in [0.2, 0.25) is 0 Å². The molecule has 2 aromatic heterocycles. The van der Waals surface area contributed by atoms with Crippen LogP contribution in [-0.2, 0) is 13.7 Å². The number of benzene rings is 1. The number of rotatable bonds is 4. The van der Waals surface area contributed by atoms with E-state index in [9.17, 15) is 0 Å². The fraction of sp³-hybridized carbons (Fsp3) is 0.222. The lowest BCUT2D eigenvalue weighted by atomic mass is 10.1. The molecule has 23 heavy (non-hydrogen) atoms. The molecular weight excluding hydrogens is 401 g/mol. The van der Waals surface area contributed by atoms with Crippen LogP contribution in [0.25, 0.3) is 11.3 Å². The second-order valence-electron chi connectivity index (χ2n) is 5.59. The van der Waals surface area contributed by atoms with Crippen LogP contribution in [0.2, 0.25) is 0 Å². The molecule has 0 amide bonds. The van der Waals surface area contributed by atoms with Crippen LogP contribution in [-0.4, -0.2) is 14.8 Å². The normalized spacial score (nSPS) is 10.8. The molecule has 0 spiro atoms. The van der Waals surface area contributed by atoms with E-state index >= 15 is 0 Å². The van der Waals surface area contributed by atoms with Gasteiger partial charge in [0.05, 0.1) is 9.26 Å². The van der Waals surface area contributed by atoms with Gasteiger partial charge in [0.15, 0.2) is 0 Å². The molecule has 0 aliphatic heterocycles. The minimum Gasteiger partial charge on any atom is -0.487 e. The van der Waals surface area contributed by atoms with Crippen LogP contribution in [0.1, 0.15) is 16.8 Å². The first-order valence-corrected chi connectivity index (χ1v) is 8.45. The molecule has 4 nitrogen and oxygen atoms in total. The van der Waals surface area contributed by atoms with Gasteiger partial charge < -0.3 is 4.74 Å². The average Bonchev–Trinajstić information content (AvgIpc) is 2.84. The number of hydrogen-bond acceptors (Lipinski definition) is 3. The van der Waals surface area contributed by atoms with Crippen LogP contribution in [0.4, 0.5) is 0 Å². The predicted octanol–water partition coefficient (Wildman–Crippen LogP) is 4.28. The number of hydrogen-bond donors (Lipinski definition) is 0. The van der Waals surface area contributed by atoms with Crippen LogP contribution in [0, 0.1) is 17.4 Å². The summed E-state index contributed by atoms with van der Waals surface area (Å²) >= 11 is 2.27. The van der Waals surface area contributed by atoms with Crippen molar-refractivity contribution < 1.29 is 4.74 Å². The van der Waals surface area contributed by atoms with Crippen LogP contribution in [0.15, 0.2) is 42.7 Å². The third-order valence-corrected chi connectivity index (χ3v) is 4.47. The summed E-state index contributed by atoms with van der Waals surface area (Å²) in [5.41, 5.74) is 5.43. The Morgan fingerprint density at radius 1 is 1.17 bits per heavy atom. The van der Waals surface area contributed by atoms with E-state index in [1.54, 1.807) is 4.68 Å². The summed E-state index contributed by atoms with van der Waals surface area (Å²) in [6.07, 6.45) is 3.88. The quantitative estimate of drug-likeness (QED) is 0.593. The topological polar surface area (TPSA) is 39.9 Å². The Labute approximate surface area is 149 Å². The van der Waals surface area contributed by atoms with Crippen LogP contribution >= 0.6 is 22.6 Å². The van der Waals surface area contributed by atoms with E-state index in [0.717, 1.165) is 26.3 Å². The second kappa shape index (κ2) is 6.70. The third-order valence-electron chi connectivity index (χ3n) is 3.57. The summed E-state index contributed by atoms with van der Waals surface area (Å²) in [6, 6.07) is 10.2. The van der Waals surface area contributed by atoms with E-state index in [0.29, 0.717) is 6.61 Å². The van der Waals surface area contributed by atoms with Gasteiger partial charge in [-0.1, -0.05) is 6.07 Å². The van der Waals surface area contributed by atoms with E-state index < -0.39 is 0 Å². The van der Waals surface area contributed by atoms with Crippen molar-refractivity contribution in [2.24, 2.45) is 7.05 Å². The Bertz CT molecular complexity index is 825. The molecule has 0 atom stereocenters. The van der Waals surface area contributed by atoms with Crippen molar-refractivity contribution in [3.05, 3.63) is 63.1 Å². The first-order valence-electron chi connectivity index (χ1n) is 7.37. The summed E-state index contributed by atoms with van der Waals surface area (Å²) in [6.45, 7) is 4.61. The van der Waals surface area contributed by atoms with E-state index in [2.05, 4.69) is 52.6 Å². The molecule has 2 heterocycles. The SMILES string of the molecule is Cc1cnc(-c2ccc(OCc3nn(C)cc3I)cc2)c(C)c1. The third kappa shape index (κ3) is 3.72. The fourth-order valence-corrected chi connectivity index (χ4v) is 3.15. The van der Waals surface area contributed by atoms with Crippen molar-refractivity contribution in [2.75, 3.05) is 0 Å². The van der Waals surface area contributed by atoms with E-state index in [1.165, 1.54) is 11.1 Å². The largest absolute Gasteiger partial charge is 0.487 e. The molecule has 0 fully saturated rings. The summed E-state index contributed by atoms with van der Waals surface area (Å²) in [5.74, 6) is 0.833. The number of aromatic nitrogens is 3. The van der Waals surface area contributed by atoms with Gasteiger partial charge in [-0.05, 0) is 71.8 Å². The van der Waals surface area contributed by atoms with Gasteiger partial charge in [-0.2, -0.15) is 5.10 Å². The monoisotopic (exact) mass is 419 g/mol. The molecule has 3 rings (SSSR count). The van der Waals surface area contributed by atoms with Gasteiger partial charge in [-0.3, -0.25) is 9.67 Å². The molecule has 1 aromatic carbocycles. The highest BCUT2D eigenvalue weighted by atomic mass is 127. The maximum Gasteiger partial charge on any atom is 0.133 e. The van der Waals surface area contributed by atoms with E-state index in [1.807, 2.05) is 43.7 Å². The minimum absolute atomic E-state index is 0.472. The van der Waals surface area contributed by atoms with Gasteiger partial charge in [-0.25, -0.2) is 0 Å². The van der Waals surface area contributed by atoms with Crippen molar-refractivity contribution >= 4 is 22.6 Å². The molecule has 0 radical (unpaired) electrons. The highest BCUT2D eigenvalue weighted by Crippen LogP contribution is 2.24. The molecule has 118 valence electrons. The summed E-state index contributed by atoms with van der Waals surface area (Å²) in [5, 5.41) is 4.38. The second-order valence-corrected chi connectivity index (χ2v) is 6.75. The Balaban J connectivity index is 1.73. The molecule has 0 aliphatic carbocycles. The van der Waals surface area contributed by atoms with Crippen molar-refractivity contribution in [3.63, 3.8) is 0 Å². The molecule has 0 N–H and O–H groups in total. The predicted molar refractivity (Wildman–Crippen MR) is 99.4 cm³/mol. The first-order chi connectivity index (χ1) is 11.0. The highest BCUT2D eigenvalue weighted by molar-refractivity contribution is 14.1. The number of halogens is 1. The molecule has 0 unspecified atom stereocenters. The fourth-order valence-electron chi connectivity index (χ4n) is 2.48. The highest BCUT2D eigenvalue weighted by Gasteiger charge is 2.07. The Hall–Kier alpha value is -1.89. The Morgan fingerprint density at radius 3 is 2.52 bits per heavy atom. The summed E-state index contributed by atoms with van der Waals surface area (Å²) in [4.78, 5) is 4.53. The molecule has 0 saturated carbocycles. The molecule has 0 aliphatic rings. The van der Waals surface area contributed by atoms with Crippen LogP contribution in [0.3, 0.4) is 0 Å². The van der Waals surface area contributed by atoms with E-state index in [-0.39, 0.29) is 0 Å². The lowest BCUT2D eigenvalue weighted by Crippen LogP contribution is -1.99. The number of pyridine rings is 1. The maximum absolute atomic E-state index is 5.83. The van der Waals surface area contributed by atoms with Crippen molar-refractivity contribution in [3.8, 4) is 17.0 Å². The zero-order valence-corrected chi connectivity index (χ0v) is 15.5. The Kier molecular flexibility index (Phi) is 4.66. The standard InChI is InChI=1S/C18H18IN3O/c1-12-8-13(2)18(20-9-12)14-4-6-15(7-5-14)23-11-17-16(19)10-22(3)21-17/h4-10H,11H2,1-3H3. The van der Waals surface area contributed by atoms with E-state index in [4.69, 9.17) is 4.74 Å². The summed E-state index contributed by atoms with van der Waals surface area (Å²) in [7, 11) is 1.91. The van der Waals surface area contributed by atoms with Crippen molar-refractivity contribution in [1.29, 1.82) is 0 Å². The van der Waals surface area contributed by atoms with Crippen LogP contribution in [0.5, 0.6) is 5.75 Å². The first kappa shape index (κ1) is 16.0. The smallest absolute Gasteiger partial charge is 0.133 e. The number of nitrogens with zero attached hydrogens (tertiary/aromatic N) is 3. The molecular formula is C18H18IN3O. The zero-order valence-electron chi connectivity index (χ0n) is 13.4. The zero-order chi connectivity index (χ0) is 16.4. The summed E-state index contributed by atoms with van der Waals surface area (Å²) < 4.78 is 8.74. The van der Waals surface area contributed by atoms with Gasteiger partial charge >= 0.3 is 0 Å². The Morgan fingerprint density at radius 2 is 1.91 bits per heavy atom. The average molecular weight is 419 g/mol. The van der Waals surface area contributed by atoms with Gasteiger partial charge in [-0.15, -0.1) is 0 Å². The number of ether oxygens (including phenoxy) is 1. The van der Waals surface area contributed by atoms with Crippen LogP contribution < -0.4 is 4.74 Å². The van der Waals surface area contributed by atoms with Gasteiger partial charge in [0.1, 0.15) is 18.1 Å². The van der Waals surface area contributed by atoms with Crippen molar-refractivity contribution in [2.45, 2.75) is 20.5 Å². The lowest BCUT2D eigenvalue weighted by Gasteiger charge is -2.08.